The number of hydrogen-bond donors (Lipinski definition) is 2. The van der Waals surface area contributed by atoms with E-state index in [0.717, 1.165) is 18.4 Å². The van der Waals surface area contributed by atoms with Crippen molar-refractivity contribution in [2.75, 3.05) is 25.1 Å². The maximum atomic E-state index is 10.9. The van der Waals surface area contributed by atoms with Crippen molar-refractivity contribution in [3.05, 3.63) is 5.69 Å². The Balaban J connectivity index is 2.66. The van der Waals surface area contributed by atoms with Crippen LogP contribution in [0.4, 0.5) is 5.82 Å². The molecule has 1 aromatic heterocycles. The summed E-state index contributed by atoms with van der Waals surface area (Å²) >= 11 is 0. The number of nitrogen functional groups attached to an aromatic ring is 1. The molecule has 0 aliphatic carbocycles. The van der Waals surface area contributed by atoms with Gasteiger partial charge in [-0.1, -0.05) is 13.8 Å². The van der Waals surface area contributed by atoms with Crippen molar-refractivity contribution in [3.8, 4) is 0 Å². The van der Waals surface area contributed by atoms with Gasteiger partial charge in [0.25, 0.3) is 0 Å². The second-order valence-corrected chi connectivity index (χ2v) is 6.43. The van der Waals surface area contributed by atoms with Gasteiger partial charge >= 0.3 is 0 Å². The first-order chi connectivity index (χ1) is 9.35. The van der Waals surface area contributed by atoms with Gasteiger partial charge in [-0.25, -0.2) is 17.8 Å². The van der Waals surface area contributed by atoms with Crippen molar-refractivity contribution >= 4 is 21.6 Å². The molecule has 0 spiro atoms. The predicted octanol–water partition coefficient (Wildman–Crippen LogP) is 0.426. The van der Waals surface area contributed by atoms with Gasteiger partial charge in [0.2, 0.25) is 10.0 Å². The molecule has 0 radical (unpaired) electrons. The number of nitrogens with one attached hydrogen (secondary N) is 1. The molecule has 0 aromatic carbocycles. The highest BCUT2D eigenvalue weighted by atomic mass is 32.2. The molecule has 1 atom stereocenters. The molecule has 0 bridgehead atoms. The Labute approximate surface area is 118 Å². The van der Waals surface area contributed by atoms with Crippen LogP contribution in [0.25, 0.3) is 0 Å². The monoisotopic (exact) mass is 303 g/mol. The summed E-state index contributed by atoms with van der Waals surface area (Å²) in [4.78, 5) is 4.46. The zero-order valence-electron chi connectivity index (χ0n) is 12.0. The van der Waals surface area contributed by atoms with Crippen molar-refractivity contribution in [2.45, 2.75) is 26.7 Å². The number of sulfonamides is 1. The van der Waals surface area contributed by atoms with Gasteiger partial charge in [-0.2, -0.15) is 0 Å². The molecule has 1 unspecified atom stereocenters. The van der Waals surface area contributed by atoms with Crippen molar-refractivity contribution in [1.29, 1.82) is 0 Å². The normalized spacial score (nSPS) is 14.4. The highest BCUT2D eigenvalue weighted by molar-refractivity contribution is 7.88. The molecule has 1 heterocycles. The molecule has 0 aliphatic rings. The summed E-state index contributed by atoms with van der Waals surface area (Å²) in [5.74, 6) is 0.394. The lowest BCUT2D eigenvalue weighted by Gasteiger charge is -2.10. The molecule has 0 aliphatic heterocycles. The van der Waals surface area contributed by atoms with Gasteiger partial charge in [0.15, 0.2) is 11.5 Å². The standard InChI is InChI=1S/C11H21N5O3S/c1-4-8(2)9(10-11(12)16-19-15-10)13-6-5-7-14-20(3,17)18/h8,14H,4-7H2,1-3H3,(H2,12,16). The third-order valence-electron chi connectivity index (χ3n) is 2.82. The van der Waals surface area contributed by atoms with E-state index in [1.165, 1.54) is 0 Å². The highest BCUT2D eigenvalue weighted by Crippen LogP contribution is 2.15. The molecule has 20 heavy (non-hydrogen) atoms. The fourth-order valence-electron chi connectivity index (χ4n) is 1.57. The summed E-state index contributed by atoms with van der Waals surface area (Å²) in [5, 5.41) is 7.32. The van der Waals surface area contributed by atoms with E-state index in [1.807, 2.05) is 13.8 Å². The Morgan fingerprint density at radius 3 is 2.70 bits per heavy atom. The molecule has 3 N–H and O–H groups in total. The van der Waals surface area contributed by atoms with Gasteiger partial charge < -0.3 is 5.73 Å². The van der Waals surface area contributed by atoms with Crippen molar-refractivity contribution in [1.82, 2.24) is 15.0 Å². The number of anilines is 1. The summed E-state index contributed by atoms with van der Waals surface area (Å²) in [5.41, 5.74) is 6.89. The summed E-state index contributed by atoms with van der Waals surface area (Å²) in [6.45, 7) is 4.88. The molecule has 1 aromatic rings. The molecule has 0 saturated heterocycles. The fourth-order valence-corrected chi connectivity index (χ4v) is 2.08. The molecule has 9 heteroatoms. The van der Waals surface area contributed by atoms with Gasteiger partial charge in [-0.3, -0.25) is 4.99 Å². The summed E-state index contributed by atoms with van der Waals surface area (Å²) in [6, 6.07) is 0. The van der Waals surface area contributed by atoms with Crippen LogP contribution in [0.15, 0.2) is 9.62 Å². The SMILES string of the molecule is CCC(C)C(=NCCCNS(C)(=O)=O)c1nonc1N. The topological polar surface area (TPSA) is 123 Å². The third kappa shape index (κ3) is 5.25. The Morgan fingerprint density at radius 2 is 2.20 bits per heavy atom. The number of aliphatic imine (C=N–C) groups is 1. The quantitative estimate of drug-likeness (QED) is 0.530. The summed E-state index contributed by atoms with van der Waals surface area (Å²) < 4.78 is 28.9. The number of nitrogens with two attached hydrogens (primary N) is 1. The lowest BCUT2D eigenvalue weighted by molar-refractivity contribution is 0.308. The van der Waals surface area contributed by atoms with E-state index in [1.54, 1.807) is 0 Å². The Hall–Kier alpha value is -1.48. The molecular weight excluding hydrogens is 282 g/mol. The molecular formula is C11H21N5O3S. The zero-order valence-corrected chi connectivity index (χ0v) is 12.8. The molecule has 1 rings (SSSR count). The van der Waals surface area contributed by atoms with Gasteiger partial charge in [0.05, 0.1) is 12.0 Å². The van der Waals surface area contributed by atoms with Crippen LogP contribution in [-0.4, -0.2) is 43.8 Å². The van der Waals surface area contributed by atoms with Crippen LogP contribution in [0.5, 0.6) is 0 Å². The van der Waals surface area contributed by atoms with Crippen molar-refractivity contribution in [3.63, 3.8) is 0 Å². The zero-order chi connectivity index (χ0) is 15.2. The van der Waals surface area contributed by atoms with Crippen LogP contribution in [0.3, 0.4) is 0 Å². The average molecular weight is 303 g/mol. The van der Waals surface area contributed by atoms with Crippen LogP contribution >= 0.6 is 0 Å². The van der Waals surface area contributed by atoms with Gasteiger partial charge in [-0.15, -0.1) is 0 Å². The van der Waals surface area contributed by atoms with Gasteiger partial charge in [0.1, 0.15) is 0 Å². The van der Waals surface area contributed by atoms with E-state index in [4.69, 9.17) is 5.73 Å². The van der Waals surface area contributed by atoms with E-state index in [-0.39, 0.29) is 11.7 Å². The average Bonchev–Trinajstić information content (AvgIpc) is 2.78. The summed E-state index contributed by atoms with van der Waals surface area (Å²) in [6.07, 6.45) is 2.60. The van der Waals surface area contributed by atoms with Crippen LogP contribution < -0.4 is 10.5 Å². The Morgan fingerprint density at radius 1 is 1.50 bits per heavy atom. The van der Waals surface area contributed by atoms with Crippen molar-refractivity contribution in [2.24, 2.45) is 10.9 Å². The molecule has 8 nitrogen and oxygen atoms in total. The smallest absolute Gasteiger partial charge is 0.208 e. The van der Waals surface area contributed by atoms with Crippen LogP contribution in [0, 0.1) is 5.92 Å². The maximum absolute atomic E-state index is 10.9. The number of hydrogen-bond acceptors (Lipinski definition) is 7. The van der Waals surface area contributed by atoms with Crippen LogP contribution in [0.2, 0.25) is 0 Å². The second-order valence-electron chi connectivity index (χ2n) is 4.59. The fraction of sp³-hybridized carbons (Fsp3) is 0.727. The van der Waals surface area contributed by atoms with E-state index < -0.39 is 10.0 Å². The largest absolute Gasteiger partial charge is 0.379 e. The molecule has 114 valence electrons. The lowest BCUT2D eigenvalue weighted by atomic mass is 10.00. The van der Waals surface area contributed by atoms with Crippen LogP contribution in [-0.2, 0) is 10.0 Å². The van der Waals surface area contributed by atoms with E-state index in [2.05, 4.69) is 24.7 Å². The second kappa shape index (κ2) is 7.34. The Bertz CT molecular complexity index is 552. The van der Waals surface area contributed by atoms with Crippen LogP contribution in [0.1, 0.15) is 32.4 Å². The number of rotatable bonds is 8. The minimum atomic E-state index is -3.15. The molecule has 0 amide bonds. The molecule has 0 fully saturated rings. The lowest BCUT2D eigenvalue weighted by Crippen LogP contribution is -2.23. The van der Waals surface area contributed by atoms with Gasteiger partial charge in [0, 0.05) is 19.0 Å². The van der Waals surface area contributed by atoms with E-state index in [0.29, 0.717) is 25.2 Å². The van der Waals surface area contributed by atoms with E-state index in [9.17, 15) is 8.42 Å². The Kier molecular flexibility index (Phi) is 6.08. The summed E-state index contributed by atoms with van der Waals surface area (Å²) in [7, 11) is -3.15. The first-order valence-corrected chi connectivity index (χ1v) is 8.31. The van der Waals surface area contributed by atoms with Gasteiger partial charge in [-0.05, 0) is 23.2 Å². The number of nitrogens with zero attached hydrogens (tertiary/aromatic N) is 3. The van der Waals surface area contributed by atoms with E-state index >= 15 is 0 Å². The molecule has 0 saturated carbocycles. The first-order valence-electron chi connectivity index (χ1n) is 6.42. The first kappa shape index (κ1) is 16.6. The minimum Gasteiger partial charge on any atom is -0.379 e. The third-order valence-corrected chi connectivity index (χ3v) is 3.55. The minimum absolute atomic E-state index is 0.173. The maximum Gasteiger partial charge on any atom is 0.208 e. The number of aromatic nitrogens is 2. The predicted molar refractivity (Wildman–Crippen MR) is 77.0 cm³/mol. The highest BCUT2D eigenvalue weighted by Gasteiger charge is 2.18. The van der Waals surface area contributed by atoms with Crippen molar-refractivity contribution < 1.29 is 13.0 Å².